The Morgan fingerprint density at radius 2 is 1.97 bits per heavy atom. The van der Waals surface area contributed by atoms with E-state index in [0.717, 1.165) is 5.69 Å². The quantitative estimate of drug-likeness (QED) is 0.353. The Morgan fingerprint density at radius 1 is 1.26 bits per heavy atom. The number of nitrogens with zero attached hydrogens (tertiary/aromatic N) is 3. The molecule has 182 valence electrons. The molecule has 0 aliphatic heterocycles. The van der Waals surface area contributed by atoms with Gasteiger partial charge in [-0.25, -0.2) is 9.78 Å². The molecule has 0 radical (unpaired) electrons. The monoisotopic (exact) mass is 490 g/mol. The van der Waals surface area contributed by atoms with Crippen molar-refractivity contribution >= 4 is 40.9 Å². The van der Waals surface area contributed by atoms with Crippen LogP contribution in [0.5, 0.6) is 5.75 Å². The molecule has 3 rings (SSSR count). The van der Waals surface area contributed by atoms with E-state index >= 15 is 0 Å². The molecule has 0 bridgehead atoms. The van der Waals surface area contributed by atoms with Crippen LogP contribution >= 0.6 is 11.6 Å². The Labute approximate surface area is 201 Å². The maximum Gasteiger partial charge on any atom is 0.411 e. The van der Waals surface area contributed by atoms with E-state index in [4.69, 9.17) is 21.1 Å². The van der Waals surface area contributed by atoms with Crippen molar-refractivity contribution in [3.05, 3.63) is 28.9 Å². The van der Waals surface area contributed by atoms with Crippen LogP contribution in [0.2, 0.25) is 5.02 Å². The number of esters is 1. The summed E-state index contributed by atoms with van der Waals surface area (Å²) in [4.78, 5) is 39.8. The molecular weight excluding hydrogens is 464 g/mol. The van der Waals surface area contributed by atoms with Crippen molar-refractivity contribution in [1.29, 1.82) is 0 Å². The first kappa shape index (κ1) is 25.0. The third-order valence-corrected chi connectivity index (χ3v) is 5.13. The number of H-pyrrole nitrogens is 1. The van der Waals surface area contributed by atoms with Crippen LogP contribution in [0, 0.1) is 0 Å². The van der Waals surface area contributed by atoms with Crippen LogP contribution in [0.3, 0.4) is 0 Å². The van der Waals surface area contributed by atoms with Gasteiger partial charge in [-0.1, -0.05) is 32.4 Å². The maximum atomic E-state index is 12.2. The highest BCUT2D eigenvalue weighted by Gasteiger charge is 2.25. The summed E-state index contributed by atoms with van der Waals surface area (Å²) in [5.41, 5.74) is 1.73. The average Bonchev–Trinajstić information content (AvgIpc) is 3.26. The molecule has 2 aromatic heterocycles. The molecule has 11 nitrogen and oxygen atoms in total. The highest BCUT2D eigenvalue weighted by atomic mass is 35.5. The fourth-order valence-electron chi connectivity index (χ4n) is 3.17. The first-order valence-corrected chi connectivity index (χ1v) is 10.9. The fraction of sp³-hybridized carbons (Fsp3) is 0.409. The van der Waals surface area contributed by atoms with Crippen molar-refractivity contribution in [1.82, 2.24) is 25.1 Å². The summed E-state index contributed by atoms with van der Waals surface area (Å²) in [7, 11) is 1.50. The molecule has 2 heterocycles. The Balaban J connectivity index is 1.87. The topological polar surface area (TPSA) is 140 Å². The highest BCUT2D eigenvalue weighted by molar-refractivity contribution is 6.34. The van der Waals surface area contributed by atoms with Gasteiger partial charge in [0, 0.05) is 31.1 Å². The standard InChI is InChI=1S/C22H27ClN6O5/c1-11(9-16(31)24-6)33-21(32)25-13-7-8-14(15(10-13)34-12(2)30)19-26-20-17(23)18(22(3,4)5)27-29(20)28-19/h7-8,10-11,27H,9H2,1-6H3,(H,24,31)(H,25,32). The zero-order valence-corrected chi connectivity index (χ0v) is 20.5. The number of benzene rings is 1. The van der Waals surface area contributed by atoms with Crippen molar-refractivity contribution in [2.75, 3.05) is 12.4 Å². The van der Waals surface area contributed by atoms with Gasteiger partial charge in [-0.2, -0.15) is 4.63 Å². The number of rotatable bonds is 6. The number of hydrogen-bond donors (Lipinski definition) is 3. The number of ether oxygens (including phenoxy) is 2. The van der Waals surface area contributed by atoms with E-state index in [1.165, 1.54) is 24.7 Å². The molecule has 1 aromatic carbocycles. The van der Waals surface area contributed by atoms with E-state index in [9.17, 15) is 14.4 Å². The lowest BCUT2D eigenvalue weighted by atomic mass is 9.92. The van der Waals surface area contributed by atoms with Gasteiger partial charge in [-0.3, -0.25) is 20.0 Å². The van der Waals surface area contributed by atoms with Crippen molar-refractivity contribution in [3.8, 4) is 17.1 Å². The largest absolute Gasteiger partial charge is 0.446 e. The first-order chi connectivity index (χ1) is 15.9. The second kappa shape index (κ2) is 9.72. The zero-order chi connectivity index (χ0) is 25.2. The van der Waals surface area contributed by atoms with Gasteiger partial charge in [-0.15, -0.1) is 5.10 Å². The molecule has 0 aliphatic carbocycles. The smallest absolute Gasteiger partial charge is 0.411 e. The highest BCUT2D eigenvalue weighted by Crippen LogP contribution is 2.35. The van der Waals surface area contributed by atoms with Gasteiger partial charge in [-0.05, 0) is 19.1 Å². The van der Waals surface area contributed by atoms with Crippen LogP contribution in [-0.2, 0) is 19.7 Å². The van der Waals surface area contributed by atoms with E-state index in [2.05, 4.69) is 25.8 Å². The second-order valence-electron chi connectivity index (χ2n) is 8.74. The Hall–Kier alpha value is -3.60. The predicted molar refractivity (Wildman–Crippen MR) is 126 cm³/mol. The van der Waals surface area contributed by atoms with Crippen LogP contribution in [0.15, 0.2) is 18.2 Å². The molecule has 0 fully saturated rings. The molecule has 34 heavy (non-hydrogen) atoms. The molecule has 3 aromatic rings. The van der Waals surface area contributed by atoms with E-state index in [-0.39, 0.29) is 29.3 Å². The van der Waals surface area contributed by atoms with E-state index in [1.54, 1.807) is 19.1 Å². The predicted octanol–water partition coefficient (Wildman–Crippen LogP) is 3.67. The third kappa shape index (κ3) is 5.66. The Bertz CT molecular complexity index is 1240. The molecule has 3 N–H and O–H groups in total. The molecule has 2 amide bonds. The number of hydrogen-bond acceptors (Lipinski definition) is 7. The molecular formula is C22H27ClN6O5. The number of fused-ring (bicyclic) bond motifs is 1. The SMILES string of the molecule is CNC(=O)CC(C)OC(=O)Nc1ccc(-c2nc3c(Cl)c(C(C)(C)C)[nH]n3n2)c(OC(C)=O)c1. The van der Waals surface area contributed by atoms with E-state index in [1.807, 2.05) is 20.8 Å². The molecule has 1 atom stereocenters. The minimum atomic E-state index is -0.757. The molecule has 0 saturated carbocycles. The van der Waals surface area contributed by atoms with Crippen molar-refractivity contribution < 1.29 is 23.9 Å². The molecule has 0 saturated heterocycles. The number of aromatic amines is 1. The van der Waals surface area contributed by atoms with Crippen LogP contribution in [0.4, 0.5) is 10.5 Å². The van der Waals surface area contributed by atoms with Crippen LogP contribution in [0.25, 0.3) is 17.0 Å². The van der Waals surface area contributed by atoms with Crippen LogP contribution in [0.1, 0.15) is 46.7 Å². The number of aromatic nitrogens is 4. The molecule has 12 heteroatoms. The lowest BCUT2D eigenvalue weighted by Gasteiger charge is -2.16. The van der Waals surface area contributed by atoms with Gasteiger partial charge in [0.2, 0.25) is 5.91 Å². The minimum Gasteiger partial charge on any atom is -0.446 e. The number of carbonyl (C=O) groups excluding carboxylic acids is 3. The number of carbonyl (C=O) groups is 3. The Morgan fingerprint density at radius 3 is 2.56 bits per heavy atom. The van der Waals surface area contributed by atoms with Crippen molar-refractivity contribution in [2.45, 2.75) is 52.6 Å². The summed E-state index contributed by atoms with van der Waals surface area (Å²) in [6, 6.07) is 4.65. The normalized spacial score (nSPS) is 12.3. The Kier molecular flexibility index (Phi) is 7.15. The van der Waals surface area contributed by atoms with E-state index < -0.39 is 18.2 Å². The average molecular weight is 491 g/mol. The number of nitrogens with one attached hydrogen (secondary N) is 3. The minimum absolute atomic E-state index is 0.0280. The van der Waals surface area contributed by atoms with Gasteiger partial charge in [0.15, 0.2) is 11.5 Å². The van der Waals surface area contributed by atoms with Crippen LogP contribution < -0.4 is 15.4 Å². The summed E-state index contributed by atoms with van der Waals surface area (Å²) in [5.74, 6) is -0.388. The van der Waals surface area contributed by atoms with Gasteiger partial charge in [0.25, 0.3) is 0 Å². The molecule has 0 spiro atoms. The first-order valence-electron chi connectivity index (χ1n) is 10.5. The zero-order valence-electron chi connectivity index (χ0n) is 19.8. The third-order valence-electron chi connectivity index (χ3n) is 4.77. The fourth-order valence-corrected chi connectivity index (χ4v) is 3.62. The summed E-state index contributed by atoms with van der Waals surface area (Å²) in [6.45, 7) is 8.90. The van der Waals surface area contributed by atoms with Crippen molar-refractivity contribution in [3.63, 3.8) is 0 Å². The maximum absolute atomic E-state index is 12.2. The molecule has 1 unspecified atom stereocenters. The lowest BCUT2D eigenvalue weighted by Crippen LogP contribution is -2.27. The summed E-state index contributed by atoms with van der Waals surface area (Å²) < 4.78 is 12.0. The lowest BCUT2D eigenvalue weighted by molar-refractivity contribution is -0.131. The van der Waals surface area contributed by atoms with Gasteiger partial charge < -0.3 is 14.8 Å². The van der Waals surface area contributed by atoms with Gasteiger partial charge in [0.1, 0.15) is 16.9 Å². The molecule has 0 aliphatic rings. The number of amides is 2. The summed E-state index contributed by atoms with van der Waals surface area (Å²) >= 11 is 6.51. The van der Waals surface area contributed by atoms with Crippen LogP contribution in [-0.4, -0.2) is 50.9 Å². The van der Waals surface area contributed by atoms with Gasteiger partial charge in [0.05, 0.1) is 17.7 Å². The summed E-state index contributed by atoms with van der Waals surface area (Å²) in [6.07, 6.45) is -1.36. The van der Waals surface area contributed by atoms with Gasteiger partial charge >= 0.3 is 12.1 Å². The van der Waals surface area contributed by atoms with Crippen molar-refractivity contribution in [2.24, 2.45) is 0 Å². The second-order valence-corrected chi connectivity index (χ2v) is 9.12. The number of halogens is 1. The number of anilines is 1. The van der Waals surface area contributed by atoms with E-state index in [0.29, 0.717) is 21.9 Å². The summed E-state index contributed by atoms with van der Waals surface area (Å²) in [5, 5.41) is 13.0.